The monoisotopic (exact) mass is 308 g/mol. The highest BCUT2D eigenvalue weighted by molar-refractivity contribution is 6.35. The van der Waals surface area contributed by atoms with Gasteiger partial charge in [-0.2, -0.15) is 0 Å². The fraction of sp³-hybridized carbons (Fsp3) is 0.133. The zero-order valence-electron chi connectivity index (χ0n) is 10.9. The van der Waals surface area contributed by atoms with E-state index in [0.29, 0.717) is 16.6 Å². The molecule has 5 heteroatoms. The van der Waals surface area contributed by atoms with E-state index in [2.05, 4.69) is 10.6 Å². The van der Waals surface area contributed by atoms with Crippen LogP contribution in [0.2, 0.25) is 10.0 Å². The molecule has 104 valence electrons. The van der Waals surface area contributed by atoms with E-state index in [1.807, 2.05) is 24.3 Å². The number of halogens is 2. The first-order valence-electron chi connectivity index (χ1n) is 6.10. The molecule has 0 radical (unpaired) electrons. The number of anilines is 2. The number of amides is 1. The van der Waals surface area contributed by atoms with Gasteiger partial charge in [-0.3, -0.25) is 4.79 Å². The molecule has 2 rings (SSSR count). The standard InChI is InChI=1S/C15H14Cl2N2O/c1-10(20)19-13-5-2-11(3-6-13)9-18-15-8-12(16)4-7-14(15)17/h2-8,18H,9H2,1H3,(H,19,20). The van der Waals surface area contributed by atoms with Crippen molar-refractivity contribution in [2.45, 2.75) is 13.5 Å². The topological polar surface area (TPSA) is 41.1 Å². The maximum atomic E-state index is 10.9. The van der Waals surface area contributed by atoms with Crippen LogP contribution in [0.3, 0.4) is 0 Å². The minimum atomic E-state index is -0.0819. The molecule has 0 aliphatic heterocycles. The van der Waals surface area contributed by atoms with E-state index >= 15 is 0 Å². The van der Waals surface area contributed by atoms with Gasteiger partial charge in [-0.25, -0.2) is 0 Å². The quantitative estimate of drug-likeness (QED) is 0.869. The van der Waals surface area contributed by atoms with Gasteiger partial charge < -0.3 is 10.6 Å². The van der Waals surface area contributed by atoms with Gasteiger partial charge in [-0.05, 0) is 35.9 Å². The van der Waals surface area contributed by atoms with Crippen LogP contribution < -0.4 is 10.6 Å². The van der Waals surface area contributed by atoms with Crippen LogP contribution in [0.1, 0.15) is 12.5 Å². The maximum absolute atomic E-state index is 10.9. The molecule has 1 amide bonds. The molecule has 0 aliphatic rings. The molecule has 0 unspecified atom stereocenters. The molecule has 0 spiro atoms. The van der Waals surface area contributed by atoms with E-state index in [-0.39, 0.29) is 5.91 Å². The van der Waals surface area contributed by atoms with Gasteiger partial charge in [-0.1, -0.05) is 35.3 Å². The lowest BCUT2D eigenvalue weighted by Crippen LogP contribution is -2.06. The molecule has 0 fully saturated rings. The zero-order chi connectivity index (χ0) is 14.5. The minimum absolute atomic E-state index is 0.0819. The molecule has 2 N–H and O–H groups in total. The predicted molar refractivity (Wildman–Crippen MR) is 84.5 cm³/mol. The average molecular weight is 309 g/mol. The molecule has 2 aromatic rings. The number of hydrogen-bond donors (Lipinski definition) is 2. The minimum Gasteiger partial charge on any atom is -0.380 e. The van der Waals surface area contributed by atoms with E-state index in [1.54, 1.807) is 18.2 Å². The summed E-state index contributed by atoms with van der Waals surface area (Å²) in [7, 11) is 0. The second-order valence-electron chi connectivity index (χ2n) is 4.36. The van der Waals surface area contributed by atoms with Crippen molar-refractivity contribution in [3.63, 3.8) is 0 Å². The molecule has 0 aromatic heterocycles. The van der Waals surface area contributed by atoms with Gasteiger partial charge in [0.1, 0.15) is 0 Å². The molecular weight excluding hydrogens is 295 g/mol. The van der Waals surface area contributed by atoms with Crippen LogP contribution >= 0.6 is 23.2 Å². The lowest BCUT2D eigenvalue weighted by molar-refractivity contribution is -0.114. The molecule has 2 aromatic carbocycles. The molecule has 0 aliphatic carbocycles. The van der Waals surface area contributed by atoms with Gasteiger partial charge in [-0.15, -0.1) is 0 Å². The van der Waals surface area contributed by atoms with E-state index in [4.69, 9.17) is 23.2 Å². The summed E-state index contributed by atoms with van der Waals surface area (Å²) in [6.45, 7) is 2.11. The molecule has 3 nitrogen and oxygen atoms in total. The van der Waals surface area contributed by atoms with Crippen LogP contribution in [0, 0.1) is 0 Å². The molecule has 0 heterocycles. The largest absolute Gasteiger partial charge is 0.380 e. The van der Waals surface area contributed by atoms with Crippen LogP contribution in [0.4, 0.5) is 11.4 Å². The summed E-state index contributed by atoms with van der Waals surface area (Å²) in [6.07, 6.45) is 0. The number of carbonyl (C=O) groups excluding carboxylic acids is 1. The Balaban J connectivity index is 2.00. The third-order valence-electron chi connectivity index (χ3n) is 2.69. The van der Waals surface area contributed by atoms with E-state index in [9.17, 15) is 4.79 Å². The Labute approximate surface area is 127 Å². The third-order valence-corrected chi connectivity index (χ3v) is 3.25. The fourth-order valence-electron chi connectivity index (χ4n) is 1.74. The van der Waals surface area contributed by atoms with Crippen molar-refractivity contribution in [1.82, 2.24) is 0 Å². The van der Waals surface area contributed by atoms with Crippen LogP contribution in [-0.2, 0) is 11.3 Å². The van der Waals surface area contributed by atoms with Crippen LogP contribution in [0.5, 0.6) is 0 Å². The smallest absolute Gasteiger partial charge is 0.221 e. The highest BCUT2D eigenvalue weighted by Crippen LogP contribution is 2.25. The van der Waals surface area contributed by atoms with Crippen LogP contribution in [0.15, 0.2) is 42.5 Å². The van der Waals surface area contributed by atoms with Crippen molar-refractivity contribution in [1.29, 1.82) is 0 Å². The summed E-state index contributed by atoms with van der Waals surface area (Å²) in [5.41, 5.74) is 2.65. The van der Waals surface area contributed by atoms with Gasteiger partial charge in [0.15, 0.2) is 0 Å². The second-order valence-corrected chi connectivity index (χ2v) is 5.20. The van der Waals surface area contributed by atoms with Crippen molar-refractivity contribution in [2.75, 3.05) is 10.6 Å². The third kappa shape index (κ3) is 4.15. The number of hydrogen-bond acceptors (Lipinski definition) is 2. The lowest BCUT2D eigenvalue weighted by Gasteiger charge is -2.09. The van der Waals surface area contributed by atoms with E-state index < -0.39 is 0 Å². The van der Waals surface area contributed by atoms with Crippen LogP contribution in [-0.4, -0.2) is 5.91 Å². The number of carbonyl (C=O) groups is 1. The Hall–Kier alpha value is -1.71. The molecular formula is C15H14Cl2N2O. The lowest BCUT2D eigenvalue weighted by atomic mass is 10.2. The molecule has 0 saturated carbocycles. The zero-order valence-corrected chi connectivity index (χ0v) is 12.4. The molecule has 0 saturated heterocycles. The summed E-state index contributed by atoms with van der Waals surface area (Å²) in [4.78, 5) is 10.9. The fourth-order valence-corrected chi connectivity index (χ4v) is 2.10. The Kier molecular flexibility index (Phi) is 4.88. The molecule has 20 heavy (non-hydrogen) atoms. The maximum Gasteiger partial charge on any atom is 0.221 e. The van der Waals surface area contributed by atoms with Gasteiger partial charge in [0.2, 0.25) is 5.91 Å². The SMILES string of the molecule is CC(=O)Nc1ccc(CNc2cc(Cl)ccc2Cl)cc1. The Morgan fingerprint density at radius 3 is 2.45 bits per heavy atom. The van der Waals surface area contributed by atoms with Crippen molar-refractivity contribution in [3.8, 4) is 0 Å². The number of nitrogens with one attached hydrogen (secondary N) is 2. The first kappa shape index (κ1) is 14.7. The first-order chi connectivity index (χ1) is 9.54. The first-order valence-corrected chi connectivity index (χ1v) is 6.85. The van der Waals surface area contributed by atoms with Crippen molar-refractivity contribution >= 4 is 40.5 Å². The highest BCUT2D eigenvalue weighted by atomic mass is 35.5. The van der Waals surface area contributed by atoms with Crippen LogP contribution in [0.25, 0.3) is 0 Å². The summed E-state index contributed by atoms with van der Waals surface area (Å²) in [5, 5.41) is 7.22. The summed E-state index contributed by atoms with van der Waals surface area (Å²) < 4.78 is 0. The highest BCUT2D eigenvalue weighted by Gasteiger charge is 2.01. The Morgan fingerprint density at radius 1 is 1.10 bits per heavy atom. The van der Waals surface area contributed by atoms with E-state index in [1.165, 1.54) is 6.92 Å². The summed E-state index contributed by atoms with van der Waals surface area (Å²) >= 11 is 12.0. The molecule has 0 atom stereocenters. The van der Waals surface area contributed by atoms with Crippen molar-refractivity contribution in [3.05, 3.63) is 58.1 Å². The summed E-state index contributed by atoms with van der Waals surface area (Å²) in [5.74, 6) is -0.0819. The van der Waals surface area contributed by atoms with Crippen molar-refractivity contribution in [2.24, 2.45) is 0 Å². The summed E-state index contributed by atoms with van der Waals surface area (Å²) in [6, 6.07) is 12.9. The number of benzene rings is 2. The average Bonchev–Trinajstić information content (AvgIpc) is 2.41. The van der Waals surface area contributed by atoms with Gasteiger partial charge in [0, 0.05) is 24.2 Å². The number of rotatable bonds is 4. The Bertz CT molecular complexity index is 612. The van der Waals surface area contributed by atoms with Gasteiger partial charge in [0.25, 0.3) is 0 Å². The normalized spacial score (nSPS) is 10.2. The predicted octanol–water partition coefficient (Wildman–Crippen LogP) is 4.56. The molecule has 0 bridgehead atoms. The second kappa shape index (κ2) is 6.64. The van der Waals surface area contributed by atoms with Crippen molar-refractivity contribution < 1.29 is 4.79 Å². The van der Waals surface area contributed by atoms with E-state index in [0.717, 1.165) is 16.9 Å². The van der Waals surface area contributed by atoms with Gasteiger partial charge >= 0.3 is 0 Å². The van der Waals surface area contributed by atoms with Gasteiger partial charge in [0.05, 0.1) is 10.7 Å². The Morgan fingerprint density at radius 2 is 1.80 bits per heavy atom.